The Kier molecular flexibility index (Phi) is 4.28. The molecule has 2 rings (SSSR count). The van der Waals surface area contributed by atoms with E-state index in [0.717, 1.165) is 28.2 Å². The van der Waals surface area contributed by atoms with Crippen LogP contribution in [0.3, 0.4) is 0 Å². The van der Waals surface area contributed by atoms with Crippen molar-refractivity contribution in [3.8, 4) is 11.4 Å². The number of halogens is 1. The minimum absolute atomic E-state index is 0.605. The van der Waals surface area contributed by atoms with Crippen LogP contribution in [0.2, 0.25) is 0 Å². The molecule has 1 aromatic heterocycles. The number of likely N-dealkylation sites (N-methyl/N-ethyl adjacent to an activating group) is 1. The standard InChI is InChI=1S/C13H15BrN4/c1-18(9-7-15)12-6-8-16-13(17-12)10-2-4-11(14)5-3-10/h2-6,8H,7,9,15H2,1H3. The van der Waals surface area contributed by atoms with E-state index in [1.165, 1.54) is 0 Å². The molecule has 0 bridgehead atoms. The first-order chi connectivity index (χ1) is 8.70. The summed E-state index contributed by atoms with van der Waals surface area (Å²) in [5.41, 5.74) is 6.54. The van der Waals surface area contributed by atoms with Gasteiger partial charge in [-0.1, -0.05) is 28.1 Å². The van der Waals surface area contributed by atoms with Crippen LogP contribution in [-0.4, -0.2) is 30.1 Å². The molecule has 0 aliphatic rings. The molecule has 0 atom stereocenters. The number of benzene rings is 1. The first kappa shape index (κ1) is 13.0. The Bertz CT molecular complexity index is 513. The molecule has 2 aromatic rings. The molecule has 0 spiro atoms. The van der Waals surface area contributed by atoms with Crippen LogP contribution in [0.1, 0.15) is 0 Å². The maximum atomic E-state index is 5.54. The molecule has 94 valence electrons. The second kappa shape index (κ2) is 5.93. The van der Waals surface area contributed by atoms with Crippen LogP contribution in [0.5, 0.6) is 0 Å². The number of aromatic nitrogens is 2. The fraction of sp³-hybridized carbons (Fsp3) is 0.231. The predicted molar refractivity (Wildman–Crippen MR) is 77.5 cm³/mol. The third-order valence-electron chi connectivity index (χ3n) is 2.60. The van der Waals surface area contributed by atoms with Gasteiger partial charge in [-0.15, -0.1) is 0 Å². The predicted octanol–water partition coefficient (Wildman–Crippen LogP) is 2.30. The van der Waals surface area contributed by atoms with E-state index in [-0.39, 0.29) is 0 Å². The molecule has 18 heavy (non-hydrogen) atoms. The van der Waals surface area contributed by atoms with Gasteiger partial charge in [0.1, 0.15) is 5.82 Å². The zero-order chi connectivity index (χ0) is 13.0. The average Bonchev–Trinajstić information content (AvgIpc) is 2.40. The van der Waals surface area contributed by atoms with Crippen molar-refractivity contribution in [3.05, 3.63) is 41.0 Å². The number of nitrogens with two attached hydrogens (primary N) is 1. The van der Waals surface area contributed by atoms with E-state index in [1.54, 1.807) is 6.20 Å². The van der Waals surface area contributed by atoms with Gasteiger partial charge in [0.25, 0.3) is 0 Å². The quantitative estimate of drug-likeness (QED) is 0.942. The highest BCUT2D eigenvalue weighted by Crippen LogP contribution is 2.20. The molecule has 0 aliphatic carbocycles. The third-order valence-corrected chi connectivity index (χ3v) is 3.13. The Morgan fingerprint density at radius 2 is 1.94 bits per heavy atom. The van der Waals surface area contributed by atoms with Gasteiger partial charge in [0.15, 0.2) is 5.82 Å². The molecular weight excluding hydrogens is 292 g/mol. The number of hydrogen-bond acceptors (Lipinski definition) is 4. The van der Waals surface area contributed by atoms with Crippen LogP contribution >= 0.6 is 15.9 Å². The molecule has 1 heterocycles. The van der Waals surface area contributed by atoms with Crippen molar-refractivity contribution < 1.29 is 0 Å². The molecule has 0 saturated heterocycles. The minimum atomic E-state index is 0.605. The Hall–Kier alpha value is -1.46. The fourth-order valence-electron chi connectivity index (χ4n) is 1.61. The van der Waals surface area contributed by atoms with Gasteiger partial charge in [0.05, 0.1) is 0 Å². The van der Waals surface area contributed by atoms with Gasteiger partial charge < -0.3 is 10.6 Å². The van der Waals surface area contributed by atoms with E-state index in [9.17, 15) is 0 Å². The summed E-state index contributed by atoms with van der Waals surface area (Å²) in [6, 6.07) is 9.83. The normalized spacial score (nSPS) is 10.4. The van der Waals surface area contributed by atoms with E-state index >= 15 is 0 Å². The van der Waals surface area contributed by atoms with Gasteiger partial charge >= 0.3 is 0 Å². The lowest BCUT2D eigenvalue weighted by molar-refractivity contribution is 0.865. The van der Waals surface area contributed by atoms with Gasteiger partial charge in [-0.05, 0) is 18.2 Å². The highest BCUT2D eigenvalue weighted by molar-refractivity contribution is 9.10. The number of hydrogen-bond donors (Lipinski definition) is 1. The molecule has 0 aliphatic heterocycles. The molecular formula is C13H15BrN4. The van der Waals surface area contributed by atoms with E-state index in [0.29, 0.717) is 6.54 Å². The van der Waals surface area contributed by atoms with Crippen molar-refractivity contribution >= 4 is 21.7 Å². The van der Waals surface area contributed by atoms with Gasteiger partial charge in [-0.3, -0.25) is 0 Å². The Balaban J connectivity index is 2.29. The minimum Gasteiger partial charge on any atom is -0.358 e. The second-order valence-corrected chi connectivity index (χ2v) is 4.87. The highest BCUT2D eigenvalue weighted by Gasteiger charge is 2.05. The summed E-state index contributed by atoms with van der Waals surface area (Å²) >= 11 is 3.41. The molecule has 0 saturated carbocycles. The second-order valence-electron chi connectivity index (χ2n) is 3.96. The van der Waals surface area contributed by atoms with E-state index in [1.807, 2.05) is 42.3 Å². The summed E-state index contributed by atoms with van der Waals surface area (Å²) in [7, 11) is 1.97. The molecule has 1 aromatic carbocycles. The number of anilines is 1. The number of rotatable bonds is 4. The summed E-state index contributed by atoms with van der Waals surface area (Å²) in [4.78, 5) is 10.9. The van der Waals surface area contributed by atoms with Crippen LogP contribution in [0, 0.1) is 0 Å². The van der Waals surface area contributed by atoms with E-state index in [2.05, 4.69) is 25.9 Å². The largest absolute Gasteiger partial charge is 0.358 e. The lowest BCUT2D eigenvalue weighted by Gasteiger charge is -2.17. The van der Waals surface area contributed by atoms with Crippen molar-refractivity contribution in [1.29, 1.82) is 0 Å². The Morgan fingerprint density at radius 1 is 1.22 bits per heavy atom. The maximum Gasteiger partial charge on any atom is 0.161 e. The zero-order valence-electron chi connectivity index (χ0n) is 10.2. The van der Waals surface area contributed by atoms with E-state index in [4.69, 9.17) is 5.73 Å². The molecule has 2 N–H and O–H groups in total. The average molecular weight is 307 g/mol. The van der Waals surface area contributed by atoms with Crippen molar-refractivity contribution in [1.82, 2.24) is 9.97 Å². The molecule has 0 radical (unpaired) electrons. The molecule has 0 amide bonds. The smallest absolute Gasteiger partial charge is 0.161 e. The van der Waals surface area contributed by atoms with Crippen molar-refractivity contribution in [3.63, 3.8) is 0 Å². The number of nitrogens with zero attached hydrogens (tertiary/aromatic N) is 3. The molecule has 0 unspecified atom stereocenters. The summed E-state index contributed by atoms with van der Waals surface area (Å²) in [6.07, 6.45) is 1.77. The monoisotopic (exact) mass is 306 g/mol. The van der Waals surface area contributed by atoms with Crippen molar-refractivity contribution in [2.24, 2.45) is 5.73 Å². The van der Waals surface area contributed by atoms with Crippen molar-refractivity contribution in [2.75, 3.05) is 25.0 Å². The van der Waals surface area contributed by atoms with Crippen LogP contribution < -0.4 is 10.6 Å². The first-order valence-corrected chi connectivity index (χ1v) is 6.50. The summed E-state index contributed by atoms with van der Waals surface area (Å²) in [5, 5.41) is 0. The van der Waals surface area contributed by atoms with Gasteiger partial charge in [-0.2, -0.15) is 0 Å². The summed E-state index contributed by atoms with van der Waals surface area (Å²) < 4.78 is 1.04. The van der Waals surface area contributed by atoms with Crippen LogP contribution in [0.4, 0.5) is 5.82 Å². The Labute approximate surface area is 115 Å². The lowest BCUT2D eigenvalue weighted by atomic mass is 10.2. The first-order valence-electron chi connectivity index (χ1n) is 5.71. The fourth-order valence-corrected chi connectivity index (χ4v) is 1.87. The van der Waals surface area contributed by atoms with Crippen molar-refractivity contribution in [2.45, 2.75) is 0 Å². The third kappa shape index (κ3) is 3.05. The van der Waals surface area contributed by atoms with Crippen LogP contribution in [0.25, 0.3) is 11.4 Å². The van der Waals surface area contributed by atoms with Crippen LogP contribution in [-0.2, 0) is 0 Å². The van der Waals surface area contributed by atoms with Gasteiger partial charge in [0.2, 0.25) is 0 Å². The van der Waals surface area contributed by atoms with Gasteiger partial charge in [-0.25, -0.2) is 9.97 Å². The highest BCUT2D eigenvalue weighted by atomic mass is 79.9. The van der Waals surface area contributed by atoms with Crippen LogP contribution in [0.15, 0.2) is 41.0 Å². The lowest BCUT2D eigenvalue weighted by Crippen LogP contribution is -2.25. The summed E-state index contributed by atoms with van der Waals surface area (Å²) in [6.45, 7) is 1.38. The van der Waals surface area contributed by atoms with E-state index < -0.39 is 0 Å². The van der Waals surface area contributed by atoms with Gasteiger partial charge in [0, 0.05) is 36.4 Å². The maximum absolute atomic E-state index is 5.54. The molecule has 0 fully saturated rings. The topological polar surface area (TPSA) is 55.0 Å². The molecule has 4 nitrogen and oxygen atoms in total. The molecule has 5 heteroatoms. The Morgan fingerprint density at radius 3 is 2.61 bits per heavy atom. The SMILES string of the molecule is CN(CCN)c1ccnc(-c2ccc(Br)cc2)n1. The summed E-state index contributed by atoms with van der Waals surface area (Å²) in [5.74, 6) is 1.61. The zero-order valence-corrected chi connectivity index (χ0v) is 11.8.